The molecule has 0 fully saturated rings. The first kappa shape index (κ1) is 39.3. The van der Waals surface area contributed by atoms with Gasteiger partial charge in [0.1, 0.15) is 5.75 Å². The number of hydrogen-bond acceptors (Lipinski definition) is 9. The van der Waals surface area contributed by atoms with E-state index in [0.717, 1.165) is 29.7 Å². The highest BCUT2D eigenvalue weighted by Crippen LogP contribution is 2.29. The van der Waals surface area contributed by atoms with Gasteiger partial charge in [0.25, 0.3) is 5.91 Å². The normalized spacial score (nSPS) is 10.7. The van der Waals surface area contributed by atoms with Crippen molar-refractivity contribution in [1.29, 1.82) is 0 Å². The average molecular weight is 697 g/mol. The van der Waals surface area contributed by atoms with Gasteiger partial charge in [0.2, 0.25) is 5.91 Å². The zero-order valence-electron chi connectivity index (χ0n) is 29.0. The van der Waals surface area contributed by atoms with Gasteiger partial charge in [0.05, 0.1) is 33.5 Å². The van der Waals surface area contributed by atoms with E-state index in [2.05, 4.69) is 18.5 Å². The summed E-state index contributed by atoms with van der Waals surface area (Å²) in [6.45, 7) is 8.26. The number of amides is 2. The highest BCUT2D eigenvalue weighted by atomic mass is 16.5. The molecule has 3 rings (SSSR count). The van der Waals surface area contributed by atoms with Crippen LogP contribution in [0.2, 0.25) is 0 Å². The van der Waals surface area contributed by atoms with Crippen LogP contribution in [0.15, 0.2) is 104 Å². The summed E-state index contributed by atoms with van der Waals surface area (Å²) in [6, 6.07) is 19.7. The minimum absolute atomic E-state index is 0.242. The number of carbonyl (C=O) groups is 4. The zero-order chi connectivity index (χ0) is 36.8. The lowest BCUT2D eigenvalue weighted by atomic mass is 10.1. The molecular formula is C40H44N2O9. The van der Waals surface area contributed by atoms with E-state index in [-0.39, 0.29) is 11.8 Å². The van der Waals surface area contributed by atoms with Crippen LogP contribution in [0.1, 0.15) is 36.8 Å². The Morgan fingerprint density at radius 2 is 1.25 bits per heavy atom. The van der Waals surface area contributed by atoms with E-state index >= 15 is 0 Å². The zero-order valence-corrected chi connectivity index (χ0v) is 29.0. The lowest BCUT2D eigenvalue weighted by Crippen LogP contribution is -2.23. The maximum atomic E-state index is 12.9. The quantitative estimate of drug-likeness (QED) is 0.0726. The molecule has 11 nitrogen and oxygen atoms in total. The number of unbranched alkanes of at least 4 members (excludes halogenated alkanes) is 2. The number of methoxy groups -OCH3 is 1. The maximum Gasteiger partial charge on any atom is 0.330 e. The average Bonchev–Trinajstić information content (AvgIpc) is 3.16. The summed E-state index contributed by atoms with van der Waals surface area (Å²) in [4.78, 5) is 49.0. The van der Waals surface area contributed by atoms with E-state index in [1.807, 2.05) is 30.3 Å². The predicted molar refractivity (Wildman–Crippen MR) is 198 cm³/mol. The summed E-state index contributed by atoms with van der Waals surface area (Å²) >= 11 is 0. The fourth-order valence-corrected chi connectivity index (χ4v) is 4.36. The van der Waals surface area contributed by atoms with Gasteiger partial charge in [-0.05, 0) is 97.5 Å². The molecule has 3 aromatic carbocycles. The van der Waals surface area contributed by atoms with Gasteiger partial charge < -0.3 is 33.9 Å². The predicted octanol–water partition coefficient (Wildman–Crippen LogP) is 6.80. The highest BCUT2D eigenvalue weighted by Gasteiger charge is 2.10. The molecule has 0 unspecified atom stereocenters. The molecule has 0 saturated heterocycles. The summed E-state index contributed by atoms with van der Waals surface area (Å²) in [5.41, 5.74) is 2.82. The van der Waals surface area contributed by atoms with Crippen LogP contribution in [-0.2, 0) is 28.7 Å². The van der Waals surface area contributed by atoms with Crippen molar-refractivity contribution >= 4 is 47.3 Å². The maximum absolute atomic E-state index is 12.9. The van der Waals surface area contributed by atoms with Crippen molar-refractivity contribution in [2.24, 2.45) is 0 Å². The van der Waals surface area contributed by atoms with Crippen LogP contribution in [0.3, 0.4) is 0 Å². The van der Waals surface area contributed by atoms with Gasteiger partial charge in [0.15, 0.2) is 11.5 Å². The molecule has 0 aromatic heterocycles. The van der Waals surface area contributed by atoms with Crippen molar-refractivity contribution in [2.75, 3.05) is 50.8 Å². The van der Waals surface area contributed by atoms with E-state index in [1.54, 1.807) is 62.7 Å². The van der Waals surface area contributed by atoms with Gasteiger partial charge in [-0.2, -0.15) is 0 Å². The summed E-state index contributed by atoms with van der Waals surface area (Å²) in [5, 5.41) is 2.82. The Hall–Kier alpha value is -6.10. The van der Waals surface area contributed by atoms with Crippen molar-refractivity contribution < 1.29 is 42.9 Å². The van der Waals surface area contributed by atoms with Crippen molar-refractivity contribution in [3.8, 4) is 17.2 Å². The second-order valence-corrected chi connectivity index (χ2v) is 10.9. The number of anilines is 2. The number of nitrogens with one attached hydrogen (secondary N) is 1. The number of esters is 2. The first-order valence-corrected chi connectivity index (χ1v) is 16.4. The van der Waals surface area contributed by atoms with Crippen molar-refractivity contribution in [2.45, 2.75) is 25.7 Å². The van der Waals surface area contributed by atoms with Gasteiger partial charge in [-0.25, -0.2) is 9.59 Å². The van der Waals surface area contributed by atoms with Crippen LogP contribution in [0, 0.1) is 0 Å². The molecule has 0 aliphatic rings. The van der Waals surface area contributed by atoms with Crippen molar-refractivity contribution in [3.63, 3.8) is 0 Å². The molecular weight excluding hydrogens is 652 g/mol. The van der Waals surface area contributed by atoms with Crippen molar-refractivity contribution in [3.05, 3.63) is 115 Å². The van der Waals surface area contributed by atoms with Crippen LogP contribution >= 0.6 is 0 Å². The number of rotatable bonds is 21. The van der Waals surface area contributed by atoms with Crippen LogP contribution in [-0.4, -0.2) is 64.3 Å². The van der Waals surface area contributed by atoms with Crippen LogP contribution in [0.25, 0.3) is 12.2 Å². The van der Waals surface area contributed by atoms with Gasteiger partial charge in [-0.1, -0.05) is 31.4 Å². The third-order valence-corrected chi connectivity index (χ3v) is 7.19. The molecule has 0 aliphatic carbocycles. The first-order chi connectivity index (χ1) is 24.7. The highest BCUT2D eigenvalue weighted by molar-refractivity contribution is 6.04. The van der Waals surface area contributed by atoms with Crippen LogP contribution in [0.4, 0.5) is 11.4 Å². The lowest BCUT2D eigenvalue weighted by molar-refractivity contribution is -0.138. The molecule has 268 valence electrons. The third kappa shape index (κ3) is 14.5. The molecule has 0 heterocycles. The molecule has 0 bridgehead atoms. The number of likely N-dealkylation sites (N-methyl/N-ethyl adjacent to an activating group) is 1. The molecule has 0 radical (unpaired) electrons. The number of ether oxygens (including phenoxy) is 5. The minimum atomic E-state index is -0.446. The van der Waals surface area contributed by atoms with Gasteiger partial charge in [-0.3, -0.25) is 9.59 Å². The monoisotopic (exact) mass is 696 g/mol. The molecule has 0 saturated carbocycles. The Balaban J connectivity index is 1.42. The summed E-state index contributed by atoms with van der Waals surface area (Å²) in [7, 11) is 3.21. The second-order valence-electron chi connectivity index (χ2n) is 10.9. The number of nitrogens with zero attached hydrogens (tertiary/aromatic N) is 1. The summed E-state index contributed by atoms with van der Waals surface area (Å²) < 4.78 is 26.8. The van der Waals surface area contributed by atoms with E-state index in [9.17, 15) is 19.2 Å². The molecule has 51 heavy (non-hydrogen) atoms. The van der Waals surface area contributed by atoms with Gasteiger partial charge in [-0.15, -0.1) is 0 Å². The Kier molecular flexibility index (Phi) is 16.8. The number of hydrogen-bond donors (Lipinski definition) is 1. The second kappa shape index (κ2) is 21.8. The molecule has 0 atom stereocenters. The molecule has 3 aromatic rings. The largest absolute Gasteiger partial charge is 0.494 e. The smallest absolute Gasteiger partial charge is 0.330 e. The Labute approximate surface area is 298 Å². The first-order valence-electron chi connectivity index (χ1n) is 16.4. The summed E-state index contributed by atoms with van der Waals surface area (Å²) in [5.74, 6) is 0.381. The van der Waals surface area contributed by atoms with E-state index in [1.165, 1.54) is 17.1 Å². The van der Waals surface area contributed by atoms with Crippen molar-refractivity contribution in [1.82, 2.24) is 0 Å². The molecule has 11 heteroatoms. The molecule has 0 aliphatic heterocycles. The van der Waals surface area contributed by atoms with E-state index in [4.69, 9.17) is 23.7 Å². The van der Waals surface area contributed by atoms with E-state index < -0.39 is 11.9 Å². The standard InChI is InChI=1S/C40H44N2O9/c1-5-39(45)50-27-9-7-25-48-34-20-11-30(12-21-34)14-23-37(43)41-32-16-18-33(19-17-32)42(3)38(44)24-15-31-13-22-35(36(29-31)47-4)49-26-8-10-28-51-40(46)6-2/h5-6,11-24,29H,1-2,7-10,25-28H2,3-4H3,(H,41,43)/b23-14+,24-15+. The Morgan fingerprint density at radius 3 is 1.86 bits per heavy atom. The minimum Gasteiger partial charge on any atom is -0.494 e. The van der Waals surface area contributed by atoms with Gasteiger partial charge >= 0.3 is 11.9 Å². The molecule has 0 spiro atoms. The Morgan fingerprint density at radius 1 is 0.686 bits per heavy atom. The fraction of sp³-hybridized carbons (Fsp3) is 0.250. The summed E-state index contributed by atoms with van der Waals surface area (Å²) in [6.07, 6.45) is 11.3. The fourth-order valence-electron chi connectivity index (χ4n) is 4.36. The molecule has 1 N–H and O–H groups in total. The van der Waals surface area contributed by atoms with E-state index in [0.29, 0.717) is 74.3 Å². The topological polar surface area (TPSA) is 130 Å². The van der Waals surface area contributed by atoms with Crippen LogP contribution in [0.5, 0.6) is 17.2 Å². The van der Waals surface area contributed by atoms with Gasteiger partial charge in [0, 0.05) is 42.7 Å². The SMILES string of the molecule is C=CC(=O)OCCCCOc1ccc(/C=C/C(=O)Nc2ccc(N(C)C(=O)/C=C/c3ccc(OCCCCOC(=O)C=C)c(OC)c3)cc2)cc1. The lowest BCUT2D eigenvalue weighted by Gasteiger charge is -2.16. The third-order valence-electron chi connectivity index (χ3n) is 7.19. The Bertz CT molecular complexity index is 1680. The van der Waals surface area contributed by atoms with Crippen LogP contribution < -0.4 is 24.4 Å². The number of benzene rings is 3. The molecule has 2 amide bonds. The number of carbonyl (C=O) groups excluding carboxylic acids is 4.